The molecule has 9 nitrogen and oxygen atoms in total. The molecule has 2 saturated heterocycles. The van der Waals surface area contributed by atoms with Crippen LogP contribution in [0.2, 0.25) is 0 Å². The van der Waals surface area contributed by atoms with Gasteiger partial charge in [-0.3, -0.25) is 19.4 Å². The van der Waals surface area contributed by atoms with Gasteiger partial charge in [-0.05, 0) is 30.9 Å². The van der Waals surface area contributed by atoms with Crippen molar-refractivity contribution in [2.24, 2.45) is 0 Å². The van der Waals surface area contributed by atoms with Crippen molar-refractivity contribution in [3.8, 4) is 0 Å². The number of piperazine rings is 1. The summed E-state index contributed by atoms with van der Waals surface area (Å²) in [7, 11) is 1.65. The number of aryl methyl sites for hydroxylation is 1. The van der Waals surface area contributed by atoms with Crippen molar-refractivity contribution in [3.63, 3.8) is 0 Å². The van der Waals surface area contributed by atoms with Crippen molar-refractivity contribution in [2.75, 3.05) is 64.7 Å². The average Bonchev–Trinajstić information content (AvgIpc) is 2.81. The molecule has 0 radical (unpaired) electrons. The zero-order valence-corrected chi connectivity index (χ0v) is 19.2. The number of benzene rings is 1. The van der Waals surface area contributed by atoms with E-state index >= 15 is 0 Å². The van der Waals surface area contributed by atoms with Crippen molar-refractivity contribution >= 4 is 23.5 Å². The van der Waals surface area contributed by atoms with Crippen LogP contribution in [-0.2, 0) is 16.0 Å². The Labute approximate surface area is 190 Å². The summed E-state index contributed by atoms with van der Waals surface area (Å²) in [6, 6.07) is 7.98. The van der Waals surface area contributed by atoms with E-state index < -0.39 is 0 Å². The summed E-state index contributed by atoms with van der Waals surface area (Å²) in [5.74, 6) is 0.000858. The summed E-state index contributed by atoms with van der Waals surface area (Å²) in [5.41, 5.74) is 2.00. The zero-order valence-electron chi connectivity index (χ0n) is 19.2. The van der Waals surface area contributed by atoms with Crippen molar-refractivity contribution in [1.82, 2.24) is 25.3 Å². The van der Waals surface area contributed by atoms with Crippen molar-refractivity contribution in [3.05, 3.63) is 29.8 Å². The predicted octanol–water partition coefficient (Wildman–Crippen LogP) is 0.725. The number of likely N-dealkylation sites (N-methyl/N-ethyl adjacent to an activating group) is 1. The molecule has 2 heterocycles. The number of likely N-dealkylation sites (tertiary alicyclic amines) is 1. The zero-order chi connectivity index (χ0) is 22.9. The summed E-state index contributed by atoms with van der Waals surface area (Å²) in [4.78, 5) is 42.7. The normalized spacial score (nSPS) is 18.2. The lowest BCUT2D eigenvalue weighted by molar-refractivity contribution is -0.122. The molecule has 1 aromatic carbocycles. The number of carbonyl (C=O) groups is 3. The predicted molar refractivity (Wildman–Crippen MR) is 125 cm³/mol. The van der Waals surface area contributed by atoms with Crippen LogP contribution >= 0.6 is 0 Å². The van der Waals surface area contributed by atoms with Gasteiger partial charge in [0.05, 0.1) is 13.1 Å². The first-order valence-electron chi connectivity index (χ1n) is 11.6. The monoisotopic (exact) mass is 444 g/mol. The van der Waals surface area contributed by atoms with E-state index in [-0.39, 0.29) is 23.9 Å². The smallest absolute Gasteiger partial charge is 0.317 e. The van der Waals surface area contributed by atoms with Gasteiger partial charge >= 0.3 is 6.03 Å². The Morgan fingerprint density at radius 1 is 0.906 bits per heavy atom. The van der Waals surface area contributed by atoms with Gasteiger partial charge in [0.1, 0.15) is 0 Å². The van der Waals surface area contributed by atoms with E-state index in [0.717, 1.165) is 43.6 Å². The standard InChI is InChI=1S/C23H36N6O3/c1-3-18-6-4-5-7-20(18)26-22(31)17-28-12-14-29(15-13-28)23(32)25-19-8-10-27(11-9-19)16-21(30)24-2/h4-7,19H,3,8-17H2,1-2H3,(H,24,30)(H,25,32)(H,26,31). The topological polar surface area (TPSA) is 97.0 Å². The minimum absolute atomic E-state index is 0.0210. The second-order valence-corrected chi connectivity index (χ2v) is 8.50. The van der Waals surface area contributed by atoms with Gasteiger partial charge < -0.3 is 20.9 Å². The van der Waals surface area contributed by atoms with Gasteiger partial charge in [0.25, 0.3) is 0 Å². The van der Waals surface area contributed by atoms with Crippen LogP contribution in [0.25, 0.3) is 0 Å². The lowest BCUT2D eigenvalue weighted by atomic mass is 10.1. The van der Waals surface area contributed by atoms with Crippen LogP contribution in [0.5, 0.6) is 0 Å². The first kappa shape index (κ1) is 24.0. The molecule has 176 valence electrons. The molecule has 2 aliphatic heterocycles. The highest BCUT2D eigenvalue weighted by Crippen LogP contribution is 2.16. The third-order valence-corrected chi connectivity index (χ3v) is 6.26. The third-order valence-electron chi connectivity index (χ3n) is 6.26. The summed E-state index contributed by atoms with van der Waals surface area (Å²) in [6.45, 7) is 7.02. The minimum atomic E-state index is -0.0317. The van der Waals surface area contributed by atoms with Crippen LogP contribution in [0.4, 0.5) is 10.5 Å². The van der Waals surface area contributed by atoms with E-state index in [2.05, 4.69) is 32.7 Å². The van der Waals surface area contributed by atoms with E-state index in [1.54, 1.807) is 7.05 Å². The maximum Gasteiger partial charge on any atom is 0.317 e. The third kappa shape index (κ3) is 6.93. The molecule has 3 N–H and O–H groups in total. The van der Waals surface area contributed by atoms with E-state index in [9.17, 15) is 14.4 Å². The molecule has 0 aliphatic carbocycles. The van der Waals surface area contributed by atoms with Crippen molar-refractivity contribution < 1.29 is 14.4 Å². The van der Waals surface area contributed by atoms with Crippen LogP contribution in [0.1, 0.15) is 25.3 Å². The Kier molecular flexibility index (Phi) is 8.87. The number of para-hydroxylation sites is 1. The van der Waals surface area contributed by atoms with Gasteiger partial charge in [0, 0.05) is 58.0 Å². The van der Waals surface area contributed by atoms with Crippen LogP contribution < -0.4 is 16.0 Å². The Morgan fingerprint density at radius 2 is 1.53 bits per heavy atom. The first-order chi connectivity index (χ1) is 15.5. The van der Waals surface area contributed by atoms with Crippen molar-refractivity contribution in [1.29, 1.82) is 0 Å². The average molecular weight is 445 g/mol. The Balaban J connectivity index is 1.36. The Hall–Kier alpha value is -2.65. The van der Waals surface area contributed by atoms with E-state index in [4.69, 9.17) is 0 Å². The van der Waals surface area contributed by atoms with Crippen molar-refractivity contribution in [2.45, 2.75) is 32.2 Å². The molecule has 3 rings (SSSR count). The molecule has 2 fully saturated rings. The van der Waals surface area contributed by atoms with Crippen LogP contribution in [0, 0.1) is 0 Å². The number of rotatable bonds is 7. The molecule has 0 saturated carbocycles. The van der Waals surface area contributed by atoms with Gasteiger partial charge in [0.2, 0.25) is 11.8 Å². The number of hydrogen-bond acceptors (Lipinski definition) is 5. The highest BCUT2D eigenvalue weighted by atomic mass is 16.2. The number of carbonyl (C=O) groups excluding carboxylic acids is 3. The van der Waals surface area contributed by atoms with E-state index in [1.807, 2.05) is 29.2 Å². The fourth-order valence-electron chi connectivity index (χ4n) is 4.24. The summed E-state index contributed by atoms with van der Waals surface area (Å²) in [5, 5.41) is 8.80. The largest absolute Gasteiger partial charge is 0.358 e. The van der Waals surface area contributed by atoms with E-state index in [0.29, 0.717) is 39.3 Å². The summed E-state index contributed by atoms with van der Waals surface area (Å²) in [6.07, 6.45) is 2.57. The summed E-state index contributed by atoms with van der Waals surface area (Å²) >= 11 is 0. The maximum atomic E-state index is 12.7. The fraction of sp³-hybridized carbons (Fsp3) is 0.609. The molecule has 0 spiro atoms. The molecule has 2 aliphatic rings. The Morgan fingerprint density at radius 3 is 2.19 bits per heavy atom. The molecule has 0 atom stereocenters. The molecule has 32 heavy (non-hydrogen) atoms. The second kappa shape index (κ2) is 11.8. The molecule has 0 aromatic heterocycles. The number of nitrogens with zero attached hydrogens (tertiary/aromatic N) is 3. The number of urea groups is 1. The molecule has 1 aromatic rings. The highest BCUT2D eigenvalue weighted by Gasteiger charge is 2.26. The SMILES string of the molecule is CCc1ccccc1NC(=O)CN1CCN(C(=O)NC2CCN(CC(=O)NC)CC2)CC1. The number of hydrogen-bond donors (Lipinski definition) is 3. The highest BCUT2D eigenvalue weighted by molar-refractivity contribution is 5.93. The lowest BCUT2D eigenvalue weighted by Crippen LogP contribution is -2.55. The van der Waals surface area contributed by atoms with Gasteiger partial charge in [-0.2, -0.15) is 0 Å². The number of piperidine rings is 1. The number of amides is 4. The fourth-order valence-corrected chi connectivity index (χ4v) is 4.24. The minimum Gasteiger partial charge on any atom is -0.358 e. The van der Waals surface area contributed by atoms with E-state index in [1.165, 1.54) is 0 Å². The number of nitrogens with one attached hydrogen (secondary N) is 3. The van der Waals surface area contributed by atoms with Crippen LogP contribution in [-0.4, -0.2) is 98.0 Å². The Bertz CT molecular complexity index is 786. The van der Waals surface area contributed by atoms with Gasteiger partial charge in [-0.1, -0.05) is 25.1 Å². The molecule has 4 amide bonds. The molecular weight excluding hydrogens is 408 g/mol. The molecule has 0 bridgehead atoms. The van der Waals surface area contributed by atoms with Gasteiger partial charge in [-0.15, -0.1) is 0 Å². The number of anilines is 1. The quantitative estimate of drug-likeness (QED) is 0.576. The first-order valence-corrected chi connectivity index (χ1v) is 11.6. The molecule has 9 heteroatoms. The van der Waals surface area contributed by atoms with Gasteiger partial charge in [0.15, 0.2) is 0 Å². The maximum absolute atomic E-state index is 12.7. The second-order valence-electron chi connectivity index (χ2n) is 8.50. The van der Waals surface area contributed by atoms with Gasteiger partial charge in [-0.25, -0.2) is 4.79 Å². The van der Waals surface area contributed by atoms with Crippen LogP contribution in [0.3, 0.4) is 0 Å². The molecule has 0 unspecified atom stereocenters. The molecular formula is C23H36N6O3. The van der Waals surface area contributed by atoms with Crippen LogP contribution in [0.15, 0.2) is 24.3 Å². The summed E-state index contributed by atoms with van der Waals surface area (Å²) < 4.78 is 0. The lowest BCUT2D eigenvalue weighted by Gasteiger charge is -2.36.